The van der Waals surface area contributed by atoms with Crippen molar-refractivity contribution in [1.29, 1.82) is 0 Å². The number of hydrogen-bond donors (Lipinski definition) is 1. The minimum absolute atomic E-state index is 0.273. The van der Waals surface area contributed by atoms with E-state index < -0.39 is 5.06 Å². The summed E-state index contributed by atoms with van der Waals surface area (Å²) in [6, 6.07) is 0. The first-order chi connectivity index (χ1) is 5.43. The second-order valence-electron chi connectivity index (χ2n) is 4.56. The van der Waals surface area contributed by atoms with E-state index in [2.05, 4.69) is 20.8 Å². The summed E-state index contributed by atoms with van der Waals surface area (Å²) in [6.45, 7) is 6.42. The molecule has 0 saturated heterocycles. The molecule has 12 heavy (non-hydrogen) atoms. The van der Waals surface area contributed by atoms with Crippen molar-refractivity contribution in [2.75, 3.05) is 0 Å². The fourth-order valence-electron chi connectivity index (χ4n) is 2.27. The lowest BCUT2D eigenvalue weighted by atomic mass is 9.75. The molecule has 3 atom stereocenters. The third kappa shape index (κ3) is 2.14. The van der Waals surface area contributed by atoms with Gasteiger partial charge in [-0.3, -0.25) is 0 Å². The van der Waals surface area contributed by atoms with Gasteiger partial charge in [0.15, 0.2) is 0 Å². The summed E-state index contributed by atoms with van der Waals surface area (Å²) >= 11 is 6.08. The molecular weight excluding hydrogens is 172 g/mol. The number of hydrogen-bond acceptors (Lipinski definition) is 1. The molecule has 0 aromatic carbocycles. The van der Waals surface area contributed by atoms with E-state index in [4.69, 9.17) is 11.6 Å². The van der Waals surface area contributed by atoms with Gasteiger partial charge in [-0.2, -0.15) is 0 Å². The van der Waals surface area contributed by atoms with Crippen molar-refractivity contribution in [1.82, 2.24) is 0 Å². The molecule has 1 rings (SSSR count). The second kappa shape index (κ2) is 3.55. The van der Waals surface area contributed by atoms with Gasteiger partial charge in [-0.25, -0.2) is 0 Å². The monoisotopic (exact) mass is 190 g/mol. The van der Waals surface area contributed by atoms with Crippen LogP contribution in [0.15, 0.2) is 0 Å². The van der Waals surface area contributed by atoms with E-state index in [-0.39, 0.29) is 5.92 Å². The van der Waals surface area contributed by atoms with Crippen molar-refractivity contribution in [2.24, 2.45) is 17.8 Å². The summed E-state index contributed by atoms with van der Waals surface area (Å²) < 4.78 is 0. The lowest BCUT2D eigenvalue weighted by Crippen LogP contribution is -2.40. The maximum atomic E-state index is 9.94. The first-order valence-corrected chi connectivity index (χ1v) is 5.22. The Kier molecular flexibility index (Phi) is 3.06. The van der Waals surface area contributed by atoms with Crippen LogP contribution in [0.1, 0.15) is 40.0 Å². The van der Waals surface area contributed by atoms with E-state index in [1.165, 1.54) is 6.42 Å². The standard InChI is InChI=1S/C10H19ClO/c1-7(2)9-5-4-8(3)6-10(9,11)12/h7-9,12H,4-6H2,1-3H3. The summed E-state index contributed by atoms with van der Waals surface area (Å²) in [5.41, 5.74) is 0. The lowest BCUT2D eigenvalue weighted by Gasteiger charge is -2.40. The van der Waals surface area contributed by atoms with Crippen LogP contribution in [-0.4, -0.2) is 10.2 Å². The van der Waals surface area contributed by atoms with Crippen LogP contribution in [0.2, 0.25) is 0 Å². The first-order valence-electron chi connectivity index (χ1n) is 4.84. The number of alkyl halides is 1. The Morgan fingerprint density at radius 2 is 2.00 bits per heavy atom. The van der Waals surface area contributed by atoms with E-state index in [1.54, 1.807) is 0 Å². The molecule has 1 saturated carbocycles. The van der Waals surface area contributed by atoms with Crippen molar-refractivity contribution in [3.63, 3.8) is 0 Å². The minimum Gasteiger partial charge on any atom is -0.375 e. The second-order valence-corrected chi connectivity index (χ2v) is 5.21. The summed E-state index contributed by atoms with van der Waals surface area (Å²) in [6.07, 6.45) is 3.02. The Morgan fingerprint density at radius 3 is 2.42 bits per heavy atom. The van der Waals surface area contributed by atoms with Crippen molar-refractivity contribution in [3.05, 3.63) is 0 Å². The number of rotatable bonds is 1. The summed E-state index contributed by atoms with van der Waals surface area (Å²) in [7, 11) is 0. The first kappa shape index (κ1) is 10.3. The molecule has 0 spiro atoms. The van der Waals surface area contributed by atoms with Crippen LogP contribution in [0.5, 0.6) is 0 Å². The fraction of sp³-hybridized carbons (Fsp3) is 1.00. The van der Waals surface area contributed by atoms with Crippen molar-refractivity contribution in [3.8, 4) is 0 Å². The molecule has 0 amide bonds. The number of aliphatic hydroxyl groups is 1. The van der Waals surface area contributed by atoms with Gasteiger partial charge in [0.05, 0.1) is 0 Å². The highest BCUT2D eigenvalue weighted by atomic mass is 35.5. The van der Waals surface area contributed by atoms with Gasteiger partial charge < -0.3 is 5.11 Å². The normalized spacial score (nSPS) is 43.5. The van der Waals surface area contributed by atoms with E-state index in [0.717, 1.165) is 12.8 Å². The molecule has 1 fully saturated rings. The van der Waals surface area contributed by atoms with Gasteiger partial charge >= 0.3 is 0 Å². The fourth-order valence-corrected chi connectivity index (χ4v) is 2.90. The smallest absolute Gasteiger partial charge is 0.141 e. The Balaban J connectivity index is 2.64. The molecular formula is C10H19ClO. The van der Waals surface area contributed by atoms with Gasteiger partial charge in [-0.05, 0) is 24.7 Å². The highest BCUT2D eigenvalue weighted by Crippen LogP contribution is 2.43. The van der Waals surface area contributed by atoms with Crippen molar-refractivity contribution in [2.45, 2.75) is 45.1 Å². The molecule has 72 valence electrons. The van der Waals surface area contributed by atoms with Crippen LogP contribution in [0.3, 0.4) is 0 Å². The van der Waals surface area contributed by atoms with Crippen molar-refractivity contribution < 1.29 is 5.11 Å². The molecule has 1 nitrogen and oxygen atoms in total. The Hall–Kier alpha value is 0.250. The van der Waals surface area contributed by atoms with Crippen LogP contribution >= 0.6 is 11.6 Å². The molecule has 0 aliphatic heterocycles. The van der Waals surface area contributed by atoms with Gasteiger partial charge in [0, 0.05) is 5.92 Å². The molecule has 2 heteroatoms. The average Bonchev–Trinajstić information content (AvgIpc) is 1.82. The van der Waals surface area contributed by atoms with Crippen molar-refractivity contribution >= 4 is 11.6 Å². The largest absolute Gasteiger partial charge is 0.375 e. The van der Waals surface area contributed by atoms with E-state index in [9.17, 15) is 5.11 Å². The van der Waals surface area contributed by atoms with Crippen LogP contribution in [0.25, 0.3) is 0 Å². The van der Waals surface area contributed by atoms with E-state index >= 15 is 0 Å². The van der Waals surface area contributed by atoms with Gasteiger partial charge in [0.25, 0.3) is 0 Å². The molecule has 0 aromatic heterocycles. The zero-order chi connectivity index (χ0) is 9.35. The van der Waals surface area contributed by atoms with Crippen LogP contribution in [0, 0.1) is 17.8 Å². The van der Waals surface area contributed by atoms with Crippen LogP contribution < -0.4 is 0 Å². The Labute approximate surface area is 80.1 Å². The molecule has 0 heterocycles. The molecule has 0 radical (unpaired) electrons. The number of halogens is 1. The lowest BCUT2D eigenvalue weighted by molar-refractivity contribution is -0.0110. The van der Waals surface area contributed by atoms with Gasteiger partial charge in [0.2, 0.25) is 0 Å². The summed E-state index contributed by atoms with van der Waals surface area (Å²) in [5.74, 6) is 1.33. The SMILES string of the molecule is CC1CCC(C(C)C)C(O)(Cl)C1. The third-order valence-corrected chi connectivity index (χ3v) is 3.41. The zero-order valence-corrected chi connectivity index (χ0v) is 8.93. The third-order valence-electron chi connectivity index (χ3n) is 2.98. The maximum Gasteiger partial charge on any atom is 0.141 e. The zero-order valence-electron chi connectivity index (χ0n) is 8.18. The summed E-state index contributed by atoms with van der Waals surface area (Å²) in [5, 5.41) is 9.00. The Bertz CT molecular complexity index is 154. The van der Waals surface area contributed by atoms with Gasteiger partial charge in [-0.15, -0.1) is 0 Å². The Morgan fingerprint density at radius 1 is 1.42 bits per heavy atom. The van der Waals surface area contributed by atoms with E-state index in [0.29, 0.717) is 11.8 Å². The maximum absolute atomic E-state index is 9.94. The predicted octanol–water partition coefficient (Wildman–Crippen LogP) is 3.01. The molecule has 1 aliphatic rings. The molecule has 0 aromatic rings. The highest BCUT2D eigenvalue weighted by Gasteiger charge is 2.40. The van der Waals surface area contributed by atoms with Gasteiger partial charge in [-0.1, -0.05) is 38.8 Å². The molecule has 1 aliphatic carbocycles. The van der Waals surface area contributed by atoms with Crippen LogP contribution in [0.4, 0.5) is 0 Å². The summed E-state index contributed by atoms with van der Waals surface area (Å²) in [4.78, 5) is 0. The highest BCUT2D eigenvalue weighted by molar-refractivity contribution is 6.22. The quantitative estimate of drug-likeness (QED) is 0.631. The minimum atomic E-state index is -0.939. The molecule has 0 bridgehead atoms. The average molecular weight is 191 g/mol. The van der Waals surface area contributed by atoms with Crippen LogP contribution in [-0.2, 0) is 0 Å². The topological polar surface area (TPSA) is 20.2 Å². The molecule has 3 unspecified atom stereocenters. The predicted molar refractivity (Wildman–Crippen MR) is 52.1 cm³/mol. The molecule has 1 N–H and O–H groups in total. The van der Waals surface area contributed by atoms with E-state index in [1.807, 2.05) is 0 Å². The van der Waals surface area contributed by atoms with Gasteiger partial charge in [0.1, 0.15) is 5.06 Å².